The lowest BCUT2D eigenvalue weighted by Gasteiger charge is -2.15. The van der Waals surface area contributed by atoms with Gasteiger partial charge < -0.3 is 5.11 Å². The van der Waals surface area contributed by atoms with E-state index in [0.29, 0.717) is 18.4 Å². The molecule has 0 saturated carbocycles. The van der Waals surface area contributed by atoms with Gasteiger partial charge in [0.1, 0.15) is 5.82 Å². The normalized spacial score (nSPS) is 23.4. The summed E-state index contributed by atoms with van der Waals surface area (Å²) < 4.78 is 36.3. The summed E-state index contributed by atoms with van der Waals surface area (Å²) in [5.41, 5.74) is 0.362. The van der Waals surface area contributed by atoms with E-state index < -0.39 is 21.8 Å². The third kappa shape index (κ3) is 3.91. The smallest absolute Gasteiger partial charge is 0.150 e. The van der Waals surface area contributed by atoms with Gasteiger partial charge in [-0.25, -0.2) is 12.8 Å². The Labute approximate surface area is 117 Å². The van der Waals surface area contributed by atoms with Crippen LogP contribution in [0.2, 0.25) is 5.02 Å². The molecule has 0 amide bonds. The molecule has 2 unspecified atom stereocenters. The first-order valence-corrected chi connectivity index (χ1v) is 8.38. The maximum atomic E-state index is 13.7. The molecule has 0 spiro atoms. The van der Waals surface area contributed by atoms with Crippen molar-refractivity contribution in [3.63, 3.8) is 0 Å². The van der Waals surface area contributed by atoms with Crippen molar-refractivity contribution in [3.8, 4) is 0 Å². The standard InChI is InChI=1S/C13H16ClFO3S/c14-12-3-1-2-10(13(12)15)7-11(16)6-9-4-5-19(17,18)8-9/h1-3,9,11,16H,4-8H2. The number of sulfone groups is 1. The highest BCUT2D eigenvalue weighted by atomic mass is 35.5. The van der Waals surface area contributed by atoms with E-state index in [1.54, 1.807) is 12.1 Å². The van der Waals surface area contributed by atoms with Crippen LogP contribution >= 0.6 is 11.6 Å². The summed E-state index contributed by atoms with van der Waals surface area (Å²) in [6.07, 6.45) is 0.372. The molecule has 1 fully saturated rings. The summed E-state index contributed by atoms with van der Waals surface area (Å²) in [6.45, 7) is 0. The van der Waals surface area contributed by atoms with Gasteiger partial charge in [0.2, 0.25) is 0 Å². The lowest BCUT2D eigenvalue weighted by atomic mass is 9.96. The molecule has 1 aliphatic heterocycles. The Hall–Kier alpha value is -0.650. The Morgan fingerprint density at radius 3 is 2.84 bits per heavy atom. The monoisotopic (exact) mass is 306 g/mol. The van der Waals surface area contributed by atoms with Crippen molar-refractivity contribution in [2.75, 3.05) is 11.5 Å². The molecule has 1 aliphatic rings. The summed E-state index contributed by atoms with van der Waals surface area (Å²) in [7, 11) is -2.94. The summed E-state index contributed by atoms with van der Waals surface area (Å²) >= 11 is 5.67. The molecular formula is C13H16ClFO3S. The van der Waals surface area contributed by atoms with Gasteiger partial charge in [-0.3, -0.25) is 0 Å². The molecule has 106 valence electrons. The van der Waals surface area contributed by atoms with Crippen molar-refractivity contribution in [1.29, 1.82) is 0 Å². The molecule has 0 radical (unpaired) electrons. The topological polar surface area (TPSA) is 54.4 Å². The van der Waals surface area contributed by atoms with Gasteiger partial charge >= 0.3 is 0 Å². The average molecular weight is 307 g/mol. The van der Waals surface area contributed by atoms with E-state index in [2.05, 4.69) is 0 Å². The third-order valence-electron chi connectivity index (χ3n) is 3.42. The number of aliphatic hydroxyl groups is 1. The molecule has 6 heteroatoms. The lowest BCUT2D eigenvalue weighted by Crippen LogP contribution is -2.18. The summed E-state index contributed by atoms with van der Waals surface area (Å²) in [4.78, 5) is 0. The Morgan fingerprint density at radius 1 is 1.47 bits per heavy atom. The number of benzene rings is 1. The van der Waals surface area contributed by atoms with E-state index in [9.17, 15) is 17.9 Å². The van der Waals surface area contributed by atoms with Gasteiger partial charge in [0.05, 0.1) is 22.6 Å². The summed E-state index contributed by atoms with van der Waals surface area (Å²) in [5, 5.41) is 9.98. The Kier molecular flexibility index (Phi) is 4.48. The summed E-state index contributed by atoms with van der Waals surface area (Å²) in [5.74, 6) is -0.220. The molecule has 0 aromatic heterocycles. The maximum Gasteiger partial charge on any atom is 0.150 e. The molecule has 1 aromatic rings. The second kappa shape index (κ2) is 5.77. The fourth-order valence-electron chi connectivity index (χ4n) is 2.49. The van der Waals surface area contributed by atoms with E-state index in [-0.39, 0.29) is 28.9 Å². The highest BCUT2D eigenvalue weighted by Crippen LogP contribution is 2.25. The van der Waals surface area contributed by atoms with Crippen molar-refractivity contribution < 1.29 is 17.9 Å². The molecule has 2 rings (SSSR count). The molecule has 19 heavy (non-hydrogen) atoms. The quantitative estimate of drug-likeness (QED) is 0.928. The van der Waals surface area contributed by atoms with Crippen molar-refractivity contribution in [2.45, 2.75) is 25.4 Å². The van der Waals surface area contributed by atoms with Crippen molar-refractivity contribution >= 4 is 21.4 Å². The minimum Gasteiger partial charge on any atom is -0.393 e. The van der Waals surface area contributed by atoms with E-state index in [0.717, 1.165) is 0 Å². The predicted molar refractivity (Wildman–Crippen MR) is 72.5 cm³/mol. The summed E-state index contributed by atoms with van der Waals surface area (Å²) in [6, 6.07) is 4.67. The van der Waals surface area contributed by atoms with Crippen molar-refractivity contribution in [3.05, 3.63) is 34.6 Å². The fraction of sp³-hybridized carbons (Fsp3) is 0.538. The first-order valence-electron chi connectivity index (χ1n) is 6.19. The molecule has 2 atom stereocenters. The van der Waals surface area contributed by atoms with Gasteiger partial charge in [0.15, 0.2) is 9.84 Å². The van der Waals surface area contributed by atoms with Crippen LogP contribution in [0.5, 0.6) is 0 Å². The molecule has 0 bridgehead atoms. The predicted octanol–water partition coefficient (Wildman–Crippen LogP) is 2.21. The van der Waals surface area contributed by atoms with Crippen LogP contribution in [0.1, 0.15) is 18.4 Å². The van der Waals surface area contributed by atoms with Crippen LogP contribution in [0.3, 0.4) is 0 Å². The number of aliphatic hydroxyl groups excluding tert-OH is 1. The first-order chi connectivity index (χ1) is 8.87. The zero-order valence-electron chi connectivity index (χ0n) is 10.4. The van der Waals surface area contributed by atoms with E-state index in [1.165, 1.54) is 6.07 Å². The van der Waals surface area contributed by atoms with Crippen molar-refractivity contribution in [2.24, 2.45) is 5.92 Å². The second-order valence-corrected chi connectivity index (χ2v) is 7.71. The fourth-order valence-corrected chi connectivity index (χ4v) is 4.56. The van der Waals surface area contributed by atoms with Gasteiger partial charge in [0.25, 0.3) is 0 Å². The van der Waals surface area contributed by atoms with Crippen LogP contribution in [-0.2, 0) is 16.3 Å². The van der Waals surface area contributed by atoms with E-state index in [4.69, 9.17) is 11.6 Å². The molecule has 1 heterocycles. The molecule has 3 nitrogen and oxygen atoms in total. The third-order valence-corrected chi connectivity index (χ3v) is 5.55. The van der Waals surface area contributed by atoms with Crippen LogP contribution in [-0.4, -0.2) is 31.1 Å². The number of hydrogen-bond donors (Lipinski definition) is 1. The van der Waals surface area contributed by atoms with Gasteiger partial charge in [-0.05, 0) is 30.4 Å². The number of halogens is 2. The minimum absolute atomic E-state index is 0.0257. The lowest BCUT2D eigenvalue weighted by molar-refractivity contribution is 0.146. The van der Waals surface area contributed by atoms with Crippen molar-refractivity contribution in [1.82, 2.24) is 0 Å². The second-order valence-electron chi connectivity index (χ2n) is 5.08. The van der Waals surface area contributed by atoms with Gasteiger partial charge in [0, 0.05) is 6.42 Å². The Bertz CT molecular complexity index is 559. The zero-order valence-corrected chi connectivity index (χ0v) is 11.9. The van der Waals surface area contributed by atoms with E-state index >= 15 is 0 Å². The average Bonchev–Trinajstić information content (AvgIpc) is 2.64. The highest BCUT2D eigenvalue weighted by Gasteiger charge is 2.29. The van der Waals surface area contributed by atoms with Crippen LogP contribution < -0.4 is 0 Å². The Balaban J connectivity index is 1.95. The first kappa shape index (κ1) is 14.8. The minimum atomic E-state index is -2.94. The van der Waals surface area contributed by atoms with Crippen LogP contribution in [0.25, 0.3) is 0 Å². The Morgan fingerprint density at radius 2 is 2.21 bits per heavy atom. The van der Waals surface area contributed by atoms with Crippen LogP contribution in [0.15, 0.2) is 18.2 Å². The van der Waals surface area contributed by atoms with Gasteiger partial charge in [-0.15, -0.1) is 0 Å². The molecule has 1 saturated heterocycles. The van der Waals surface area contributed by atoms with Crippen LogP contribution in [0.4, 0.5) is 4.39 Å². The SMILES string of the molecule is O=S1(=O)CCC(CC(O)Cc2cccc(Cl)c2F)C1. The zero-order chi connectivity index (χ0) is 14.0. The number of rotatable bonds is 4. The number of hydrogen-bond acceptors (Lipinski definition) is 3. The maximum absolute atomic E-state index is 13.7. The van der Waals surface area contributed by atoms with E-state index in [1.807, 2.05) is 0 Å². The largest absolute Gasteiger partial charge is 0.393 e. The van der Waals surface area contributed by atoms with Gasteiger partial charge in [-0.1, -0.05) is 23.7 Å². The molecular weight excluding hydrogens is 291 g/mol. The van der Waals surface area contributed by atoms with Crippen LogP contribution in [0, 0.1) is 11.7 Å². The molecule has 1 aromatic carbocycles. The molecule has 0 aliphatic carbocycles. The van der Waals surface area contributed by atoms with Gasteiger partial charge in [-0.2, -0.15) is 0 Å². The highest BCUT2D eigenvalue weighted by molar-refractivity contribution is 7.91. The molecule has 1 N–H and O–H groups in total.